The highest BCUT2D eigenvalue weighted by Crippen LogP contribution is 2.19. The van der Waals surface area contributed by atoms with Crippen LogP contribution in [0.25, 0.3) is 0 Å². The first-order chi connectivity index (χ1) is 9.33. The van der Waals surface area contributed by atoms with Crippen molar-refractivity contribution in [3.63, 3.8) is 0 Å². The normalized spacial score (nSPS) is 12.3. The number of hydrogen-bond acceptors (Lipinski definition) is 4. The van der Waals surface area contributed by atoms with E-state index >= 15 is 0 Å². The molecule has 1 unspecified atom stereocenters. The molecule has 2 rings (SSSR count). The molecule has 1 aromatic carbocycles. The maximum absolute atomic E-state index is 5.17. The summed E-state index contributed by atoms with van der Waals surface area (Å²) in [5.41, 5.74) is 1.28. The smallest absolute Gasteiger partial charge is 0.118 e. The van der Waals surface area contributed by atoms with Crippen molar-refractivity contribution in [3.05, 3.63) is 42.2 Å². The predicted octanol–water partition coefficient (Wildman–Crippen LogP) is 2.03. The lowest BCUT2D eigenvalue weighted by molar-refractivity contribution is 0.414. The van der Waals surface area contributed by atoms with Gasteiger partial charge in [-0.3, -0.25) is 4.68 Å². The van der Waals surface area contributed by atoms with E-state index in [-0.39, 0.29) is 0 Å². The number of ether oxygens (including phenoxy) is 1. The van der Waals surface area contributed by atoms with Crippen molar-refractivity contribution in [1.82, 2.24) is 20.3 Å². The number of hydrogen-bond donors (Lipinski definition) is 1. The van der Waals surface area contributed by atoms with Crippen LogP contribution in [0.4, 0.5) is 0 Å². The third-order valence-corrected chi connectivity index (χ3v) is 3.13. The Hall–Kier alpha value is -1.88. The Balaban J connectivity index is 1.88. The number of nitrogens with one attached hydrogen (secondary N) is 1. The summed E-state index contributed by atoms with van der Waals surface area (Å²) in [5.74, 6) is 0.890. The van der Waals surface area contributed by atoms with Crippen molar-refractivity contribution in [2.45, 2.75) is 25.9 Å². The minimum absolute atomic E-state index is 0.356. The van der Waals surface area contributed by atoms with Crippen LogP contribution in [0.5, 0.6) is 5.75 Å². The zero-order valence-corrected chi connectivity index (χ0v) is 11.4. The molecule has 0 saturated heterocycles. The van der Waals surface area contributed by atoms with Crippen molar-refractivity contribution >= 4 is 0 Å². The van der Waals surface area contributed by atoms with E-state index in [0.29, 0.717) is 6.04 Å². The average Bonchev–Trinajstić information content (AvgIpc) is 2.97. The molecule has 0 saturated carbocycles. The third kappa shape index (κ3) is 3.79. The van der Waals surface area contributed by atoms with Crippen LogP contribution in [0, 0.1) is 0 Å². The molecule has 1 heterocycles. The van der Waals surface area contributed by atoms with E-state index in [4.69, 9.17) is 4.74 Å². The first-order valence-electron chi connectivity index (χ1n) is 6.55. The summed E-state index contributed by atoms with van der Waals surface area (Å²) in [4.78, 5) is 0. The molecule has 0 fully saturated rings. The third-order valence-electron chi connectivity index (χ3n) is 3.13. The van der Waals surface area contributed by atoms with Gasteiger partial charge < -0.3 is 10.1 Å². The van der Waals surface area contributed by atoms with Gasteiger partial charge in [0.2, 0.25) is 0 Å². The lowest BCUT2D eigenvalue weighted by atomic mass is 10.0. The summed E-state index contributed by atoms with van der Waals surface area (Å²) >= 11 is 0. The fourth-order valence-corrected chi connectivity index (χ4v) is 2.04. The van der Waals surface area contributed by atoms with Gasteiger partial charge in [-0.2, -0.15) is 0 Å². The SMILES string of the molecule is CCC(NCCn1ccnn1)c1ccc(OC)cc1. The van der Waals surface area contributed by atoms with Crippen LogP contribution in [0.3, 0.4) is 0 Å². The largest absolute Gasteiger partial charge is 0.497 e. The Morgan fingerprint density at radius 1 is 1.32 bits per heavy atom. The van der Waals surface area contributed by atoms with Gasteiger partial charge in [0.05, 0.1) is 19.9 Å². The van der Waals surface area contributed by atoms with Gasteiger partial charge in [0.15, 0.2) is 0 Å². The molecule has 0 radical (unpaired) electrons. The van der Waals surface area contributed by atoms with Gasteiger partial charge in [-0.1, -0.05) is 24.3 Å². The molecule has 0 aliphatic heterocycles. The van der Waals surface area contributed by atoms with E-state index in [2.05, 4.69) is 34.7 Å². The summed E-state index contributed by atoms with van der Waals surface area (Å²) in [6.07, 6.45) is 4.61. The molecule has 0 amide bonds. The van der Waals surface area contributed by atoms with Crippen molar-refractivity contribution in [2.24, 2.45) is 0 Å². The van der Waals surface area contributed by atoms with Gasteiger partial charge in [0.1, 0.15) is 5.75 Å². The van der Waals surface area contributed by atoms with Crippen LogP contribution in [-0.2, 0) is 6.54 Å². The Kier molecular flexibility index (Phi) is 4.92. The molecule has 0 aliphatic rings. The lowest BCUT2D eigenvalue weighted by Crippen LogP contribution is -2.25. The number of benzene rings is 1. The van der Waals surface area contributed by atoms with Crippen molar-refractivity contribution in [2.75, 3.05) is 13.7 Å². The monoisotopic (exact) mass is 260 g/mol. The van der Waals surface area contributed by atoms with Gasteiger partial charge >= 0.3 is 0 Å². The van der Waals surface area contributed by atoms with Crippen molar-refractivity contribution in [3.8, 4) is 5.75 Å². The second-order valence-corrected chi connectivity index (χ2v) is 4.35. The Morgan fingerprint density at radius 2 is 2.11 bits per heavy atom. The Morgan fingerprint density at radius 3 is 2.68 bits per heavy atom. The number of nitrogens with zero attached hydrogens (tertiary/aromatic N) is 3. The van der Waals surface area contributed by atoms with E-state index in [0.717, 1.165) is 25.3 Å². The Bertz CT molecular complexity index is 467. The highest BCUT2D eigenvalue weighted by atomic mass is 16.5. The molecular formula is C14H20N4O. The van der Waals surface area contributed by atoms with Crippen LogP contribution in [-0.4, -0.2) is 28.6 Å². The molecule has 2 aromatic rings. The van der Waals surface area contributed by atoms with Crippen molar-refractivity contribution < 1.29 is 4.74 Å². The first-order valence-corrected chi connectivity index (χ1v) is 6.55. The predicted molar refractivity (Wildman–Crippen MR) is 74.1 cm³/mol. The quantitative estimate of drug-likeness (QED) is 0.827. The zero-order valence-electron chi connectivity index (χ0n) is 11.4. The first kappa shape index (κ1) is 13.5. The van der Waals surface area contributed by atoms with Gasteiger partial charge in [-0.25, -0.2) is 0 Å². The van der Waals surface area contributed by atoms with Crippen LogP contribution in [0.1, 0.15) is 24.9 Å². The number of aromatic nitrogens is 3. The van der Waals surface area contributed by atoms with E-state index in [9.17, 15) is 0 Å². The molecule has 0 spiro atoms. The molecule has 1 aromatic heterocycles. The molecule has 5 nitrogen and oxygen atoms in total. The van der Waals surface area contributed by atoms with E-state index in [1.165, 1.54) is 5.56 Å². The van der Waals surface area contributed by atoms with Crippen LogP contribution < -0.4 is 10.1 Å². The minimum atomic E-state index is 0.356. The maximum atomic E-state index is 5.17. The van der Waals surface area contributed by atoms with Gasteiger partial charge in [-0.05, 0) is 24.1 Å². The molecule has 1 atom stereocenters. The highest BCUT2D eigenvalue weighted by Gasteiger charge is 2.08. The summed E-state index contributed by atoms with van der Waals surface area (Å²) in [7, 11) is 1.68. The lowest BCUT2D eigenvalue weighted by Gasteiger charge is -2.17. The Labute approximate surface area is 113 Å². The van der Waals surface area contributed by atoms with Crippen LogP contribution in [0.2, 0.25) is 0 Å². The van der Waals surface area contributed by atoms with E-state index in [1.54, 1.807) is 13.3 Å². The van der Waals surface area contributed by atoms with E-state index in [1.807, 2.05) is 23.0 Å². The van der Waals surface area contributed by atoms with Gasteiger partial charge in [-0.15, -0.1) is 5.10 Å². The van der Waals surface area contributed by atoms with Gasteiger partial charge in [0.25, 0.3) is 0 Å². The summed E-state index contributed by atoms with van der Waals surface area (Å²) < 4.78 is 7.00. The average molecular weight is 260 g/mol. The summed E-state index contributed by atoms with van der Waals surface area (Å²) in [6.45, 7) is 3.87. The molecule has 5 heteroatoms. The fourth-order valence-electron chi connectivity index (χ4n) is 2.04. The molecule has 0 aliphatic carbocycles. The van der Waals surface area contributed by atoms with E-state index < -0.39 is 0 Å². The molecule has 102 valence electrons. The molecule has 19 heavy (non-hydrogen) atoms. The summed E-state index contributed by atoms with van der Waals surface area (Å²) in [5, 5.41) is 11.3. The maximum Gasteiger partial charge on any atom is 0.118 e. The summed E-state index contributed by atoms with van der Waals surface area (Å²) in [6, 6.07) is 8.56. The standard InChI is InChI=1S/C14H20N4O/c1-3-14(12-4-6-13(19-2)7-5-12)15-8-10-18-11-9-16-17-18/h4-7,9,11,14-15H,3,8,10H2,1-2H3. The highest BCUT2D eigenvalue weighted by molar-refractivity contribution is 5.29. The topological polar surface area (TPSA) is 52.0 Å². The zero-order chi connectivity index (χ0) is 13.5. The fraction of sp³-hybridized carbons (Fsp3) is 0.429. The van der Waals surface area contributed by atoms with Crippen LogP contribution in [0.15, 0.2) is 36.7 Å². The minimum Gasteiger partial charge on any atom is -0.497 e. The second kappa shape index (κ2) is 6.89. The molecule has 0 bridgehead atoms. The van der Waals surface area contributed by atoms with Crippen molar-refractivity contribution in [1.29, 1.82) is 0 Å². The number of methoxy groups -OCH3 is 1. The second-order valence-electron chi connectivity index (χ2n) is 4.35. The van der Waals surface area contributed by atoms with Gasteiger partial charge in [0, 0.05) is 18.8 Å². The van der Waals surface area contributed by atoms with Crippen LogP contribution >= 0.6 is 0 Å². The number of rotatable bonds is 7. The molecular weight excluding hydrogens is 240 g/mol. The molecule has 1 N–H and O–H groups in total.